The number of carbonyl (C=O) groups is 4. The molecule has 0 spiro atoms. The van der Waals surface area contributed by atoms with Crippen LogP contribution in [0.4, 0.5) is 0 Å². The zero-order chi connectivity index (χ0) is 50.1. The number of aromatic amines is 2. The lowest BCUT2D eigenvalue weighted by atomic mass is 10.0. The molecule has 2 aliphatic rings. The minimum absolute atomic E-state index is 0.0779. The number of rotatable bonds is 16. The van der Waals surface area contributed by atoms with Gasteiger partial charge in [0.15, 0.2) is 0 Å². The van der Waals surface area contributed by atoms with Crippen LogP contribution < -0.4 is 0 Å². The molecule has 72 heavy (non-hydrogen) atoms. The molecule has 2 aliphatic heterocycles. The van der Waals surface area contributed by atoms with Crippen LogP contribution in [0.15, 0.2) is 172 Å². The van der Waals surface area contributed by atoms with Crippen molar-refractivity contribution < 1.29 is 38.1 Å². The first-order valence-corrected chi connectivity index (χ1v) is 22.9. The Hall–Kier alpha value is -9.68. The Morgan fingerprint density at radius 2 is 0.556 bits per heavy atom. The van der Waals surface area contributed by atoms with Crippen molar-refractivity contribution in [3.8, 4) is 44.5 Å². The molecule has 0 fully saturated rings. The number of nitrogens with one attached hydrogen (secondary N) is 2. The Labute approximate surface area is 414 Å². The standard InChI is InChI=1S/C60H46N4O8/c1-5-33-69-57(65)41-17-9-37(10-18-41)53-45-25-27-47(61-45)54(38-11-19-42(20-12-38)58(66)70-34-6-2)49-29-31-51(63-49)56(40-15-23-44(24-16-40)60(68)72-36-8-4)52-32-30-50(64-52)55(48-28-26-46(53)62-48)39-13-21-43(22-14-39)59(67)71-35-7-3/h5-32,61,64H,1-4,33-36H2. The summed E-state index contributed by atoms with van der Waals surface area (Å²) < 4.78 is 21.3. The SMILES string of the molecule is C=CCOC(=O)c1ccc(-c2c3nc(c(-c4ccc(C(=O)OCC=C)cc4)c4ccc([nH]4)c(-c4ccc(C(=O)OCC=C)cc4)c4nc(c(-c5ccc(C(=O)OCC=C)cc5)c5ccc2[nH]5)C=C4)C=C3)cc1. The van der Waals surface area contributed by atoms with E-state index in [4.69, 9.17) is 28.9 Å². The highest BCUT2D eigenvalue weighted by molar-refractivity contribution is 6.01. The first-order chi connectivity index (χ1) is 35.2. The quantitative estimate of drug-likeness (QED) is 0.0541. The molecular weight excluding hydrogens is 905 g/mol. The van der Waals surface area contributed by atoms with Crippen LogP contribution in [0.25, 0.3) is 90.9 Å². The molecule has 7 aromatic rings. The number of nitrogens with zero attached hydrogens (tertiary/aromatic N) is 2. The molecule has 4 aromatic carbocycles. The summed E-state index contributed by atoms with van der Waals surface area (Å²) in [4.78, 5) is 69.6. The number of hydrogen-bond donors (Lipinski definition) is 2. The van der Waals surface area contributed by atoms with Crippen LogP contribution in [0.2, 0.25) is 0 Å². The van der Waals surface area contributed by atoms with Gasteiger partial charge in [-0.3, -0.25) is 0 Å². The largest absolute Gasteiger partial charge is 0.458 e. The highest BCUT2D eigenvalue weighted by Crippen LogP contribution is 2.39. The zero-order valence-corrected chi connectivity index (χ0v) is 39.0. The summed E-state index contributed by atoms with van der Waals surface area (Å²) in [6, 6.07) is 36.4. The monoisotopic (exact) mass is 950 g/mol. The number of carbonyl (C=O) groups excluding carboxylic acids is 4. The van der Waals surface area contributed by atoms with E-state index in [2.05, 4.69) is 36.3 Å². The third kappa shape index (κ3) is 9.91. The lowest BCUT2D eigenvalue weighted by Gasteiger charge is -2.09. The summed E-state index contributed by atoms with van der Waals surface area (Å²) in [6.07, 6.45) is 13.8. The predicted molar refractivity (Wildman–Crippen MR) is 283 cm³/mol. The average Bonchev–Trinajstić information content (AvgIpc) is 4.28. The van der Waals surface area contributed by atoms with Crippen molar-refractivity contribution in [1.82, 2.24) is 19.9 Å². The van der Waals surface area contributed by atoms with Crippen LogP contribution in [0, 0.1) is 0 Å². The number of esters is 4. The molecule has 12 heteroatoms. The second-order valence-electron chi connectivity index (χ2n) is 16.4. The van der Waals surface area contributed by atoms with Crippen molar-refractivity contribution in [2.75, 3.05) is 26.4 Å². The highest BCUT2D eigenvalue weighted by Gasteiger charge is 2.21. The summed E-state index contributed by atoms with van der Waals surface area (Å²) in [5, 5.41) is 0. The molecule has 0 unspecified atom stereocenters. The molecule has 2 N–H and O–H groups in total. The van der Waals surface area contributed by atoms with Gasteiger partial charge in [-0.25, -0.2) is 29.1 Å². The molecular formula is C60H46N4O8. The van der Waals surface area contributed by atoms with Gasteiger partial charge in [-0.05, 0) is 119 Å². The van der Waals surface area contributed by atoms with Gasteiger partial charge in [-0.2, -0.15) is 0 Å². The maximum absolute atomic E-state index is 12.9. The number of H-pyrrole nitrogens is 2. The van der Waals surface area contributed by atoms with Crippen LogP contribution in [-0.4, -0.2) is 70.2 Å². The molecule has 0 atom stereocenters. The van der Waals surface area contributed by atoms with E-state index in [1.165, 1.54) is 24.3 Å². The van der Waals surface area contributed by atoms with E-state index in [0.29, 0.717) is 67.1 Å². The van der Waals surface area contributed by atoms with Gasteiger partial charge in [0.05, 0.1) is 45.0 Å². The van der Waals surface area contributed by atoms with E-state index < -0.39 is 23.9 Å². The van der Waals surface area contributed by atoms with Crippen LogP contribution in [-0.2, 0) is 18.9 Å². The van der Waals surface area contributed by atoms with Gasteiger partial charge in [0.25, 0.3) is 0 Å². The van der Waals surface area contributed by atoms with Crippen molar-refractivity contribution in [2.24, 2.45) is 0 Å². The summed E-state index contributed by atoms with van der Waals surface area (Å²) >= 11 is 0. The van der Waals surface area contributed by atoms with E-state index in [-0.39, 0.29) is 26.4 Å². The number of hydrogen-bond acceptors (Lipinski definition) is 10. The fourth-order valence-corrected chi connectivity index (χ4v) is 8.38. The molecule has 3 aromatic heterocycles. The Bertz CT molecular complexity index is 3080. The Kier molecular flexibility index (Phi) is 14.0. The van der Waals surface area contributed by atoms with Gasteiger partial charge < -0.3 is 28.9 Å². The van der Waals surface area contributed by atoms with Gasteiger partial charge in [0.1, 0.15) is 26.4 Å². The van der Waals surface area contributed by atoms with E-state index in [0.717, 1.165) is 44.5 Å². The van der Waals surface area contributed by atoms with Crippen molar-refractivity contribution >= 4 is 70.2 Å². The van der Waals surface area contributed by atoms with E-state index in [9.17, 15) is 19.2 Å². The van der Waals surface area contributed by atoms with Crippen LogP contribution in [0.1, 0.15) is 64.2 Å². The minimum atomic E-state index is -0.480. The first kappa shape index (κ1) is 47.4. The summed E-state index contributed by atoms with van der Waals surface area (Å²) in [7, 11) is 0. The molecule has 0 saturated carbocycles. The molecule has 9 rings (SSSR count). The number of benzene rings is 4. The van der Waals surface area contributed by atoms with Crippen molar-refractivity contribution in [1.29, 1.82) is 0 Å². The molecule has 0 amide bonds. The Balaban J connectivity index is 1.34. The van der Waals surface area contributed by atoms with Crippen molar-refractivity contribution in [3.63, 3.8) is 0 Å². The molecule has 12 nitrogen and oxygen atoms in total. The molecule has 0 radical (unpaired) electrons. The zero-order valence-electron chi connectivity index (χ0n) is 39.0. The van der Waals surface area contributed by atoms with Crippen molar-refractivity contribution in [2.45, 2.75) is 0 Å². The highest BCUT2D eigenvalue weighted by atomic mass is 16.5. The fourth-order valence-electron chi connectivity index (χ4n) is 8.38. The molecule has 354 valence electrons. The van der Waals surface area contributed by atoms with Crippen LogP contribution >= 0.6 is 0 Å². The van der Waals surface area contributed by atoms with Crippen molar-refractivity contribution in [3.05, 3.63) is 217 Å². The molecule has 5 heterocycles. The maximum atomic E-state index is 12.9. The molecule has 8 bridgehead atoms. The molecule has 0 saturated heterocycles. The topological polar surface area (TPSA) is 163 Å². The van der Waals surface area contributed by atoms with Gasteiger partial charge in [-0.1, -0.05) is 99.2 Å². The second kappa shape index (κ2) is 21.3. The van der Waals surface area contributed by atoms with Crippen LogP contribution in [0.3, 0.4) is 0 Å². The Morgan fingerprint density at radius 3 is 0.750 bits per heavy atom. The van der Waals surface area contributed by atoms with E-state index >= 15 is 0 Å². The second-order valence-corrected chi connectivity index (χ2v) is 16.4. The summed E-state index contributed by atoms with van der Waals surface area (Å²) in [5.74, 6) is -1.92. The number of fused-ring (bicyclic) bond motifs is 8. The van der Waals surface area contributed by atoms with Gasteiger partial charge in [0.2, 0.25) is 0 Å². The smallest absolute Gasteiger partial charge is 0.338 e. The minimum Gasteiger partial charge on any atom is -0.458 e. The first-order valence-electron chi connectivity index (χ1n) is 22.9. The summed E-state index contributed by atoms with van der Waals surface area (Å²) in [5.41, 5.74) is 12.8. The van der Waals surface area contributed by atoms with Crippen LogP contribution in [0.5, 0.6) is 0 Å². The van der Waals surface area contributed by atoms with E-state index in [1.54, 1.807) is 48.5 Å². The third-order valence-electron chi connectivity index (χ3n) is 11.7. The molecule has 0 aliphatic carbocycles. The Morgan fingerprint density at radius 1 is 0.347 bits per heavy atom. The third-order valence-corrected chi connectivity index (χ3v) is 11.7. The summed E-state index contributed by atoms with van der Waals surface area (Å²) in [6.45, 7) is 14.9. The van der Waals surface area contributed by atoms with E-state index in [1.807, 2.05) is 97.1 Å². The normalized spacial score (nSPS) is 11.3. The lowest BCUT2D eigenvalue weighted by molar-refractivity contribution is 0.0540. The van der Waals surface area contributed by atoms with Gasteiger partial charge >= 0.3 is 23.9 Å². The maximum Gasteiger partial charge on any atom is 0.338 e. The lowest BCUT2D eigenvalue weighted by Crippen LogP contribution is -2.04. The number of ether oxygens (including phenoxy) is 4. The average molecular weight is 951 g/mol. The van der Waals surface area contributed by atoms with Gasteiger partial charge in [-0.15, -0.1) is 0 Å². The number of aromatic nitrogens is 4. The van der Waals surface area contributed by atoms with Gasteiger partial charge in [0, 0.05) is 44.3 Å². The fraction of sp³-hybridized carbons (Fsp3) is 0.0667. The predicted octanol–water partition coefficient (Wildman–Crippen LogP) is 12.7.